The summed E-state index contributed by atoms with van der Waals surface area (Å²) in [6.07, 6.45) is 0.899. The zero-order valence-corrected chi connectivity index (χ0v) is 14.1. The number of hydrogen-bond donors (Lipinski definition) is 2. The molecular formula is C18H18Cl2N2O. The van der Waals surface area contributed by atoms with Gasteiger partial charge in [0.05, 0.1) is 5.92 Å². The molecule has 0 aliphatic carbocycles. The Labute approximate surface area is 146 Å². The van der Waals surface area contributed by atoms with Gasteiger partial charge in [0.25, 0.3) is 0 Å². The number of hydrogen-bond acceptors (Lipinski definition) is 2. The lowest BCUT2D eigenvalue weighted by atomic mass is 9.99. The van der Waals surface area contributed by atoms with E-state index in [-0.39, 0.29) is 11.8 Å². The maximum atomic E-state index is 12.2. The highest BCUT2D eigenvalue weighted by molar-refractivity contribution is 6.36. The third-order valence-corrected chi connectivity index (χ3v) is 4.67. The predicted octanol–water partition coefficient (Wildman–Crippen LogP) is 3.89. The number of carbonyl (C=O) groups excluding carboxylic acids is 1. The van der Waals surface area contributed by atoms with E-state index >= 15 is 0 Å². The van der Waals surface area contributed by atoms with E-state index in [0.29, 0.717) is 16.6 Å². The Balaban J connectivity index is 1.79. The summed E-state index contributed by atoms with van der Waals surface area (Å²) in [5.41, 5.74) is 2.97. The Hall–Kier alpha value is -1.55. The van der Waals surface area contributed by atoms with E-state index in [1.807, 2.05) is 36.4 Å². The van der Waals surface area contributed by atoms with E-state index < -0.39 is 0 Å². The largest absolute Gasteiger partial charge is 0.352 e. The first kappa shape index (κ1) is 16.3. The van der Waals surface area contributed by atoms with Gasteiger partial charge in [-0.25, -0.2) is 0 Å². The molecule has 1 heterocycles. The Bertz CT molecular complexity index is 712. The Morgan fingerprint density at radius 1 is 1.17 bits per heavy atom. The van der Waals surface area contributed by atoms with E-state index in [4.69, 9.17) is 23.2 Å². The number of amides is 1. The quantitative estimate of drug-likeness (QED) is 0.879. The average Bonchev–Trinajstić information content (AvgIpc) is 3.08. The molecule has 2 N–H and O–H groups in total. The summed E-state index contributed by atoms with van der Waals surface area (Å²) in [5.74, 6) is 0.174. The van der Waals surface area contributed by atoms with Crippen molar-refractivity contribution in [2.45, 2.75) is 13.0 Å². The molecule has 120 valence electrons. The van der Waals surface area contributed by atoms with Crippen molar-refractivity contribution in [3.8, 4) is 11.1 Å². The highest BCUT2D eigenvalue weighted by Crippen LogP contribution is 2.32. The smallest absolute Gasteiger partial charge is 0.224 e. The first-order valence-electron chi connectivity index (χ1n) is 7.67. The Kier molecular flexibility index (Phi) is 5.21. The zero-order chi connectivity index (χ0) is 16.2. The summed E-state index contributed by atoms with van der Waals surface area (Å²) in [5, 5.41) is 7.46. The lowest BCUT2D eigenvalue weighted by Crippen LogP contribution is -2.31. The van der Waals surface area contributed by atoms with Gasteiger partial charge in [0, 0.05) is 28.7 Å². The van der Waals surface area contributed by atoms with Crippen molar-refractivity contribution in [2.24, 2.45) is 5.92 Å². The number of carbonyl (C=O) groups is 1. The molecule has 3 rings (SSSR count). The molecule has 0 radical (unpaired) electrons. The second-order valence-corrected chi connectivity index (χ2v) is 6.53. The Morgan fingerprint density at radius 2 is 2.00 bits per heavy atom. The van der Waals surface area contributed by atoms with Crippen LogP contribution in [0.3, 0.4) is 0 Å². The van der Waals surface area contributed by atoms with Crippen LogP contribution in [-0.4, -0.2) is 19.0 Å². The molecular weight excluding hydrogens is 331 g/mol. The molecule has 1 fully saturated rings. The minimum Gasteiger partial charge on any atom is -0.352 e. The molecule has 23 heavy (non-hydrogen) atoms. The van der Waals surface area contributed by atoms with Crippen LogP contribution in [0.15, 0.2) is 42.5 Å². The molecule has 1 saturated heterocycles. The van der Waals surface area contributed by atoms with Gasteiger partial charge in [-0.2, -0.15) is 0 Å². The van der Waals surface area contributed by atoms with E-state index in [2.05, 4.69) is 10.6 Å². The summed E-state index contributed by atoms with van der Waals surface area (Å²) in [4.78, 5) is 12.2. The molecule has 0 spiro atoms. The van der Waals surface area contributed by atoms with Gasteiger partial charge in [-0.15, -0.1) is 0 Å². The number of halogens is 2. The lowest BCUT2D eigenvalue weighted by molar-refractivity contribution is -0.124. The summed E-state index contributed by atoms with van der Waals surface area (Å²) >= 11 is 12.3. The summed E-state index contributed by atoms with van der Waals surface area (Å²) in [6, 6.07) is 13.4. The predicted molar refractivity (Wildman–Crippen MR) is 94.7 cm³/mol. The van der Waals surface area contributed by atoms with Crippen LogP contribution in [0.2, 0.25) is 10.0 Å². The second-order valence-electron chi connectivity index (χ2n) is 5.69. The molecule has 1 atom stereocenters. The first-order valence-corrected chi connectivity index (χ1v) is 8.42. The third kappa shape index (κ3) is 3.86. The van der Waals surface area contributed by atoms with Crippen LogP contribution in [0.25, 0.3) is 11.1 Å². The average molecular weight is 349 g/mol. The maximum Gasteiger partial charge on any atom is 0.224 e. The van der Waals surface area contributed by atoms with Crippen LogP contribution in [0, 0.1) is 5.92 Å². The van der Waals surface area contributed by atoms with Crippen LogP contribution in [0.4, 0.5) is 0 Å². The molecule has 1 amide bonds. The number of nitrogens with one attached hydrogen (secondary N) is 2. The van der Waals surface area contributed by atoms with Crippen molar-refractivity contribution in [1.82, 2.24) is 10.6 Å². The fraction of sp³-hybridized carbons (Fsp3) is 0.278. The van der Waals surface area contributed by atoms with Crippen molar-refractivity contribution in [3.63, 3.8) is 0 Å². The third-order valence-electron chi connectivity index (χ3n) is 4.12. The van der Waals surface area contributed by atoms with Gasteiger partial charge in [-0.1, -0.05) is 53.5 Å². The van der Waals surface area contributed by atoms with Crippen molar-refractivity contribution in [2.75, 3.05) is 13.1 Å². The van der Waals surface area contributed by atoms with Crippen molar-refractivity contribution >= 4 is 29.1 Å². The highest BCUT2D eigenvalue weighted by atomic mass is 35.5. The van der Waals surface area contributed by atoms with E-state index in [1.165, 1.54) is 0 Å². The number of rotatable bonds is 4. The molecule has 1 unspecified atom stereocenters. The van der Waals surface area contributed by atoms with Crippen molar-refractivity contribution in [1.29, 1.82) is 0 Å². The lowest BCUT2D eigenvalue weighted by Gasteiger charge is -2.14. The molecule has 5 heteroatoms. The van der Waals surface area contributed by atoms with Gasteiger partial charge >= 0.3 is 0 Å². The summed E-state index contributed by atoms with van der Waals surface area (Å²) in [7, 11) is 0. The van der Waals surface area contributed by atoms with Crippen molar-refractivity contribution in [3.05, 3.63) is 58.1 Å². The fourth-order valence-corrected chi connectivity index (χ4v) is 3.36. The fourth-order valence-electron chi connectivity index (χ4n) is 2.85. The second kappa shape index (κ2) is 7.35. The maximum absolute atomic E-state index is 12.2. The van der Waals surface area contributed by atoms with Gasteiger partial charge < -0.3 is 10.6 Å². The topological polar surface area (TPSA) is 41.1 Å². The van der Waals surface area contributed by atoms with E-state index in [9.17, 15) is 4.79 Å². The van der Waals surface area contributed by atoms with Crippen LogP contribution in [-0.2, 0) is 11.3 Å². The summed E-state index contributed by atoms with van der Waals surface area (Å²) in [6.45, 7) is 2.16. The van der Waals surface area contributed by atoms with Crippen molar-refractivity contribution < 1.29 is 4.79 Å². The van der Waals surface area contributed by atoms with Gasteiger partial charge in [0.2, 0.25) is 5.91 Å². The van der Waals surface area contributed by atoms with Gasteiger partial charge in [0.15, 0.2) is 0 Å². The first-order chi connectivity index (χ1) is 11.1. The molecule has 1 aliphatic rings. The van der Waals surface area contributed by atoms with Crippen LogP contribution >= 0.6 is 23.2 Å². The molecule has 0 saturated carbocycles. The van der Waals surface area contributed by atoms with E-state index in [0.717, 1.165) is 36.2 Å². The van der Waals surface area contributed by atoms with Gasteiger partial charge in [0.1, 0.15) is 0 Å². The van der Waals surface area contributed by atoms with Crippen LogP contribution < -0.4 is 10.6 Å². The number of benzene rings is 2. The minimum atomic E-state index is 0.0706. The van der Waals surface area contributed by atoms with Gasteiger partial charge in [-0.3, -0.25) is 4.79 Å². The highest BCUT2D eigenvalue weighted by Gasteiger charge is 2.22. The normalized spacial score (nSPS) is 17.2. The molecule has 0 aromatic heterocycles. The van der Waals surface area contributed by atoms with Gasteiger partial charge in [-0.05, 0) is 36.2 Å². The Morgan fingerprint density at radius 3 is 2.74 bits per heavy atom. The monoisotopic (exact) mass is 348 g/mol. The molecule has 2 aromatic carbocycles. The molecule has 0 bridgehead atoms. The summed E-state index contributed by atoms with van der Waals surface area (Å²) < 4.78 is 0. The minimum absolute atomic E-state index is 0.0706. The molecule has 3 nitrogen and oxygen atoms in total. The van der Waals surface area contributed by atoms with Crippen LogP contribution in [0.1, 0.15) is 12.0 Å². The molecule has 2 aromatic rings. The molecule has 1 aliphatic heterocycles. The van der Waals surface area contributed by atoms with E-state index in [1.54, 1.807) is 6.07 Å². The SMILES string of the molecule is O=C(NCc1ccccc1-c1ccc(Cl)cc1Cl)C1CCNC1. The standard InChI is InChI=1S/C18H18Cl2N2O/c19-14-5-6-16(17(20)9-14)15-4-2-1-3-12(15)11-22-18(23)13-7-8-21-10-13/h1-6,9,13,21H,7-8,10-11H2,(H,22,23). The van der Waals surface area contributed by atoms with Crippen LogP contribution in [0.5, 0.6) is 0 Å². The zero-order valence-electron chi connectivity index (χ0n) is 12.6.